The van der Waals surface area contributed by atoms with Crippen molar-refractivity contribution in [2.45, 2.75) is 60.7 Å². The van der Waals surface area contributed by atoms with Crippen LogP contribution in [0.25, 0.3) is 0 Å². The molecule has 1 aromatic rings. The van der Waals surface area contributed by atoms with Gasteiger partial charge in [-0.25, -0.2) is 13.1 Å². The van der Waals surface area contributed by atoms with Crippen LogP contribution in [0.3, 0.4) is 0 Å². The van der Waals surface area contributed by atoms with Gasteiger partial charge in [-0.15, -0.1) is 0 Å². The molecule has 0 aliphatic heterocycles. The number of carbonyl (C=O) groups excluding carboxylic acids is 2. The van der Waals surface area contributed by atoms with Crippen LogP contribution in [-0.4, -0.2) is 65.4 Å². The molecule has 14 heteroatoms. The fourth-order valence-corrected chi connectivity index (χ4v) is 4.41. The molecule has 0 aromatic heterocycles. The Morgan fingerprint density at radius 3 is 2.42 bits per heavy atom. The molecule has 5 atom stereocenters. The summed E-state index contributed by atoms with van der Waals surface area (Å²) in [6.07, 6.45) is -9.76. The summed E-state index contributed by atoms with van der Waals surface area (Å²) < 4.78 is 65.7. The van der Waals surface area contributed by atoms with E-state index < -0.39 is 81.2 Å². The van der Waals surface area contributed by atoms with Crippen molar-refractivity contribution in [3.05, 3.63) is 29.8 Å². The number of hydrogen-bond acceptors (Lipinski definition) is 7. The first-order valence-electron chi connectivity index (χ1n) is 8.95. The molecule has 1 aliphatic carbocycles. The van der Waals surface area contributed by atoms with Crippen molar-refractivity contribution < 1.29 is 46.5 Å². The fourth-order valence-electron chi connectivity index (χ4n) is 3.11. The number of alkyl halides is 3. The van der Waals surface area contributed by atoms with Crippen molar-refractivity contribution in [2.75, 3.05) is 0 Å². The summed E-state index contributed by atoms with van der Waals surface area (Å²) in [4.78, 5) is 22.7. The van der Waals surface area contributed by atoms with E-state index in [1.165, 1.54) is 6.92 Å². The number of carbonyl (C=O) groups is 2. The number of sulfonamides is 1. The Hall–Kier alpha value is -2.26. The monoisotopic (exact) mass is 469 g/mol. The molecule has 2 rings (SSSR count). The van der Waals surface area contributed by atoms with Crippen LogP contribution in [0.1, 0.15) is 25.3 Å². The Morgan fingerprint density at radius 2 is 1.87 bits per heavy atom. The highest BCUT2D eigenvalue weighted by Gasteiger charge is 2.50. The second-order valence-electron chi connectivity index (χ2n) is 7.35. The van der Waals surface area contributed by atoms with Gasteiger partial charge in [0.05, 0.1) is 28.7 Å². The smallest absolute Gasteiger partial charge is 0.390 e. The minimum absolute atomic E-state index is 0.376. The average molecular weight is 469 g/mol. The lowest BCUT2D eigenvalue weighted by Crippen LogP contribution is -2.64. The van der Waals surface area contributed by atoms with Gasteiger partial charge in [-0.2, -0.15) is 13.2 Å². The van der Waals surface area contributed by atoms with Crippen LogP contribution in [0.2, 0.25) is 0 Å². The maximum absolute atomic E-state index is 12.9. The molecule has 0 saturated heterocycles. The van der Waals surface area contributed by atoms with Crippen LogP contribution in [0.15, 0.2) is 29.2 Å². The van der Waals surface area contributed by atoms with Crippen LogP contribution in [0.4, 0.5) is 13.2 Å². The molecule has 31 heavy (non-hydrogen) atoms. The lowest BCUT2D eigenvalue weighted by molar-refractivity contribution is -0.158. The predicted octanol–water partition coefficient (Wildman–Crippen LogP) is -1.41. The minimum Gasteiger partial charge on any atom is -0.390 e. The van der Waals surface area contributed by atoms with E-state index in [4.69, 9.17) is 5.73 Å². The second-order valence-corrected chi connectivity index (χ2v) is 9.06. The highest BCUT2D eigenvalue weighted by molar-refractivity contribution is 7.89. The van der Waals surface area contributed by atoms with Gasteiger partial charge in [0.2, 0.25) is 15.9 Å². The van der Waals surface area contributed by atoms with Crippen molar-refractivity contribution in [3.63, 3.8) is 0 Å². The average Bonchev–Trinajstić information content (AvgIpc) is 2.64. The molecule has 1 aliphatic rings. The summed E-state index contributed by atoms with van der Waals surface area (Å²) in [5.74, 6) is -2.07. The number of aliphatic hydroxyl groups is 3. The number of hydrogen-bond donors (Lipinski definition) is 6. The standard InChI is InChI=1S/C17H22F3N3O7S/c1-8(14(21)26)22-15(27)16(28)6-11(13(25)12(24)7-16)23-31(29,30)10-4-2-3-9(5-10)17(18,19)20/h2-5,8,11-13,23-25,28H,6-7H2,1H3,(H2,21,26)(H,22,27)/t8-,11+,12-,13-,16+/m1/s1. The number of aliphatic hydroxyl groups excluding tert-OH is 2. The van der Waals surface area contributed by atoms with Gasteiger partial charge < -0.3 is 26.4 Å². The lowest BCUT2D eigenvalue weighted by atomic mass is 9.78. The Morgan fingerprint density at radius 1 is 1.26 bits per heavy atom. The third-order valence-electron chi connectivity index (χ3n) is 4.89. The molecule has 0 heterocycles. The summed E-state index contributed by atoms with van der Waals surface area (Å²) in [6, 6.07) is -0.0265. The molecule has 7 N–H and O–H groups in total. The Labute approximate surface area is 175 Å². The SMILES string of the molecule is C[C@@H](NC(=O)[C@@]1(O)C[C@@H](O)[C@H](O)[C@@H](NS(=O)(=O)c2cccc(C(F)(F)F)c2)C1)C(N)=O. The van der Waals surface area contributed by atoms with Gasteiger partial charge in [-0.3, -0.25) is 9.59 Å². The van der Waals surface area contributed by atoms with Crippen LogP contribution < -0.4 is 15.8 Å². The number of halogens is 3. The molecule has 174 valence electrons. The molecule has 0 bridgehead atoms. The largest absolute Gasteiger partial charge is 0.416 e. The van der Waals surface area contributed by atoms with Crippen LogP contribution in [0.5, 0.6) is 0 Å². The number of primary amides is 1. The second kappa shape index (κ2) is 8.70. The van der Waals surface area contributed by atoms with E-state index in [-0.39, 0.29) is 0 Å². The molecular formula is C17H22F3N3O7S. The van der Waals surface area contributed by atoms with Gasteiger partial charge in [0, 0.05) is 12.8 Å². The summed E-state index contributed by atoms with van der Waals surface area (Å²) >= 11 is 0. The summed E-state index contributed by atoms with van der Waals surface area (Å²) in [7, 11) is -4.65. The van der Waals surface area contributed by atoms with Crippen molar-refractivity contribution in [1.82, 2.24) is 10.0 Å². The molecule has 1 saturated carbocycles. The first kappa shape index (κ1) is 25.0. The van der Waals surface area contributed by atoms with Crippen LogP contribution in [0, 0.1) is 0 Å². The Balaban J connectivity index is 2.28. The molecule has 0 unspecified atom stereocenters. The molecule has 0 spiro atoms. The van der Waals surface area contributed by atoms with Gasteiger partial charge in [0.25, 0.3) is 5.91 Å². The van der Waals surface area contributed by atoms with Crippen molar-refractivity contribution in [1.29, 1.82) is 0 Å². The van der Waals surface area contributed by atoms with Gasteiger partial charge >= 0.3 is 6.18 Å². The van der Waals surface area contributed by atoms with Crippen molar-refractivity contribution in [2.24, 2.45) is 5.73 Å². The third-order valence-corrected chi connectivity index (χ3v) is 6.37. The third kappa shape index (κ3) is 5.71. The van der Waals surface area contributed by atoms with Gasteiger partial charge in [0.15, 0.2) is 0 Å². The number of amides is 2. The van der Waals surface area contributed by atoms with E-state index in [2.05, 4.69) is 5.32 Å². The first-order chi connectivity index (χ1) is 14.1. The molecular weight excluding hydrogens is 447 g/mol. The summed E-state index contributed by atoms with van der Waals surface area (Å²) in [6.45, 7) is 1.23. The highest BCUT2D eigenvalue weighted by Crippen LogP contribution is 2.32. The van der Waals surface area contributed by atoms with E-state index in [9.17, 15) is 46.5 Å². The van der Waals surface area contributed by atoms with Gasteiger partial charge in [0.1, 0.15) is 11.6 Å². The fraction of sp³-hybridized carbons (Fsp3) is 0.529. The Kier molecular flexibility index (Phi) is 7.02. The van der Waals surface area contributed by atoms with Crippen LogP contribution in [-0.2, 0) is 25.8 Å². The molecule has 0 radical (unpaired) electrons. The minimum atomic E-state index is -4.80. The van der Waals surface area contributed by atoms with Gasteiger partial charge in [-0.05, 0) is 25.1 Å². The zero-order chi connectivity index (χ0) is 23.8. The van der Waals surface area contributed by atoms with E-state index >= 15 is 0 Å². The van der Waals surface area contributed by atoms with Crippen molar-refractivity contribution >= 4 is 21.8 Å². The molecule has 1 aromatic carbocycles. The number of nitrogens with one attached hydrogen (secondary N) is 2. The van der Waals surface area contributed by atoms with E-state index in [1.54, 1.807) is 0 Å². The maximum Gasteiger partial charge on any atom is 0.416 e. The lowest BCUT2D eigenvalue weighted by Gasteiger charge is -2.41. The van der Waals surface area contributed by atoms with Gasteiger partial charge in [-0.1, -0.05) is 6.07 Å². The first-order valence-corrected chi connectivity index (χ1v) is 10.4. The quantitative estimate of drug-likeness (QED) is 0.296. The topological polar surface area (TPSA) is 179 Å². The van der Waals surface area contributed by atoms with Crippen LogP contribution >= 0.6 is 0 Å². The zero-order valence-corrected chi connectivity index (χ0v) is 16.9. The Bertz CT molecular complexity index is 957. The maximum atomic E-state index is 12.9. The zero-order valence-electron chi connectivity index (χ0n) is 16.1. The molecule has 1 fully saturated rings. The molecule has 10 nitrogen and oxygen atoms in total. The predicted molar refractivity (Wildman–Crippen MR) is 98.6 cm³/mol. The summed E-state index contributed by atoms with van der Waals surface area (Å²) in [5, 5.41) is 32.9. The number of benzene rings is 1. The number of rotatable bonds is 6. The van der Waals surface area contributed by atoms with Crippen molar-refractivity contribution in [3.8, 4) is 0 Å². The van der Waals surface area contributed by atoms with E-state index in [0.29, 0.717) is 12.1 Å². The van der Waals surface area contributed by atoms with E-state index in [0.717, 1.165) is 12.1 Å². The molecule has 2 amide bonds. The summed E-state index contributed by atoms with van der Waals surface area (Å²) in [5.41, 5.74) is 1.40. The van der Waals surface area contributed by atoms with E-state index in [1.807, 2.05) is 4.72 Å². The highest BCUT2D eigenvalue weighted by atomic mass is 32.2. The normalized spacial score (nSPS) is 28.0. The number of nitrogens with two attached hydrogens (primary N) is 1.